The molecule has 1 saturated heterocycles. The van der Waals surface area contributed by atoms with Crippen molar-refractivity contribution in [3.63, 3.8) is 0 Å². The number of β-lactam (4-membered cyclic amide) rings is 1. The maximum absolute atomic E-state index is 13.2. The Bertz CT molecular complexity index is 1000. The number of hydrogen-bond donors (Lipinski definition) is 1. The average Bonchev–Trinajstić information content (AvgIpc) is 2.81. The third kappa shape index (κ3) is 4.73. The van der Waals surface area contributed by atoms with Crippen LogP contribution < -0.4 is 23.8 Å². The summed E-state index contributed by atoms with van der Waals surface area (Å²) < 4.78 is 26.6. The summed E-state index contributed by atoms with van der Waals surface area (Å²) >= 11 is 5.59. The number of methoxy groups -OCH3 is 4. The first-order valence-corrected chi connectivity index (χ1v) is 10.6. The predicted molar refractivity (Wildman–Crippen MR) is 121 cm³/mol. The highest BCUT2D eigenvalue weighted by Gasteiger charge is 2.50. The molecule has 0 aromatic heterocycles. The lowest BCUT2D eigenvalue weighted by Gasteiger charge is -2.47. The van der Waals surface area contributed by atoms with Crippen LogP contribution in [0.1, 0.15) is 18.0 Å². The van der Waals surface area contributed by atoms with Crippen LogP contribution in [0.4, 0.5) is 5.69 Å². The molecule has 2 aromatic rings. The van der Waals surface area contributed by atoms with E-state index in [2.05, 4.69) is 0 Å². The molecular weight excluding hydrogens is 454 g/mol. The van der Waals surface area contributed by atoms with Crippen molar-refractivity contribution in [3.05, 3.63) is 35.9 Å². The number of ether oxygens (including phenoxy) is 5. The number of carbonyl (C=O) groups is 2. The minimum Gasteiger partial charge on any atom is -0.504 e. The fraction of sp³-hybridized carbons (Fsp3) is 0.391. The summed E-state index contributed by atoms with van der Waals surface area (Å²) in [4.78, 5) is 26.5. The molecule has 0 aliphatic carbocycles. The number of hydrogen-bond acceptors (Lipinski definition) is 8. The number of benzene rings is 2. The Labute approximate surface area is 196 Å². The van der Waals surface area contributed by atoms with Crippen LogP contribution in [0.3, 0.4) is 0 Å². The van der Waals surface area contributed by atoms with E-state index < -0.39 is 17.9 Å². The highest BCUT2D eigenvalue weighted by molar-refractivity contribution is 6.18. The van der Waals surface area contributed by atoms with Gasteiger partial charge in [0.2, 0.25) is 11.7 Å². The summed E-state index contributed by atoms with van der Waals surface area (Å²) in [6.07, 6.45) is 0.0487. The van der Waals surface area contributed by atoms with Gasteiger partial charge in [-0.15, -0.1) is 11.6 Å². The Kier molecular flexibility index (Phi) is 7.75. The maximum atomic E-state index is 13.2. The van der Waals surface area contributed by atoms with Gasteiger partial charge >= 0.3 is 5.97 Å². The molecule has 9 nitrogen and oxygen atoms in total. The van der Waals surface area contributed by atoms with Gasteiger partial charge in [0.05, 0.1) is 52.5 Å². The maximum Gasteiger partial charge on any atom is 0.307 e. The zero-order valence-corrected chi connectivity index (χ0v) is 19.5. The molecule has 0 unspecified atom stereocenters. The van der Waals surface area contributed by atoms with E-state index in [-0.39, 0.29) is 30.6 Å². The number of alkyl halides is 1. The van der Waals surface area contributed by atoms with Gasteiger partial charge in [-0.05, 0) is 17.7 Å². The largest absolute Gasteiger partial charge is 0.504 e. The van der Waals surface area contributed by atoms with Crippen molar-refractivity contribution >= 4 is 29.2 Å². The van der Waals surface area contributed by atoms with Gasteiger partial charge in [0.15, 0.2) is 23.0 Å². The molecule has 1 fully saturated rings. The summed E-state index contributed by atoms with van der Waals surface area (Å²) in [5, 5.41) is 10.3. The number of amides is 1. The van der Waals surface area contributed by atoms with Crippen LogP contribution in [0.15, 0.2) is 30.3 Å². The van der Waals surface area contributed by atoms with Gasteiger partial charge in [0, 0.05) is 18.0 Å². The van der Waals surface area contributed by atoms with E-state index in [1.54, 1.807) is 24.3 Å². The van der Waals surface area contributed by atoms with Crippen molar-refractivity contribution in [2.24, 2.45) is 5.92 Å². The number of anilines is 1. The number of rotatable bonds is 10. The Morgan fingerprint density at radius 3 is 2.15 bits per heavy atom. The van der Waals surface area contributed by atoms with Crippen LogP contribution >= 0.6 is 11.6 Å². The Morgan fingerprint density at radius 2 is 1.64 bits per heavy atom. The molecule has 178 valence electrons. The third-order valence-corrected chi connectivity index (χ3v) is 5.60. The predicted octanol–water partition coefficient (Wildman–Crippen LogP) is 3.30. The first-order valence-electron chi connectivity index (χ1n) is 10.1. The first kappa shape index (κ1) is 24.3. The number of halogens is 1. The van der Waals surface area contributed by atoms with Crippen LogP contribution in [0.5, 0.6) is 28.7 Å². The monoisotopic (exact) mass is 479 g/mol. The van der Waals surface area contributed by atoms with Crippen molar-refractivity contribution in [2.75, 3.05) is 45.8 Å². The van der Waals surface area contributed by atoms with Crippen LogP contribution in [-0.4, -0.2) is 57.9 Å². The summed E-state index contributed by atoms with van der Waals surface area (Å²) in [7, 11) is 5.90. The van der Waals surface area contributed by atoms with E-state index >= 15 is 0 Å². The molecule has 33 heavy (non-hydrogen) atoms. The molecule has 0 spiro atoms. The molecule has 2 aromatic carbocycles. The molecule has 0 saturated carbocycles. The first-order chi connectivity index (χ1) is 15.9. The van der Waals surface area contributed by atoms with Gasteiger partial charge in [-0.2, -0.15) is 0 Å². The lowest BCUT2D eigenvalue weighted by atomic mass is 9.82. The zero-order valence-electron chi connectivity index (χ0n) is 18.8. The standard InChI is InChI=1S/C23H26ClNO8/c1-29-17-6-5-13(9-16(17)26)21-15(12-33-20(27)7-8-24)23(28)25(21)14-10-18(30-2)22(32-4)19(11-14)31-3/h5-6,9-11,15,21,26H,7-8,12H2,1-4H3/t15-,21+/m1/s1. The zero-order chi connectivity index (χ0) is 24.1. The molecule has 0 radical (unpaired) electrons. The van der Waals surface area contributed by atoms with E-state index in [0.29, 0.717) is 34.2 Å². The molecule has 1 heterocycles. The summed E-state index contributed by atoms with van der Waals surface area (Å²) in [5.74, 6) is 0.110. The quantitative estimate of drug-likeness (QED) is 0.314. The number of phenolic OH excluding ortho intramolecular Hbond substituents is 1. The van der Waals surface area contributed by atoms with Crippen molar-refractivity contribution in [1.82, 2.24) is 0 Å². The second kappa shape index (κ2) is 10.5. The van der Waals surface area contributed by atoms with E-state index in [0.717, 1.165) is 0 Å². The van der Waals surface area contributed by atoms with Crippen molar-refractivity contribution in [2.45, 2.75) is 12.5 Å². The lowest BCUT2D eigenvalue weighted by molar-refractivity contribution is -0.148. The van der Waals surface area contributed by atoms with Gasteiger partial charge < -0.3 is 33.7 Å². The molecule has 2 atom stereocenters. The number of phenols is 1. The SMILES string of the molecule is COc1ccc([C@H]2[C@@H](COC(=O)CCCl)C(=O)N2c2cc(OC)c(OC)c(OC)c2)cc1O. The van der Waals surface area contributed by atoms with E-state index in [1.807, 2.05) is 0 Å². The van der Waals surface area contributed by atoms with Crippen molar-refractivity contribution in [3.8, 4) is 28.7 Å². The second-order valence-corrected chi connectivity index (χ2v) is 7.57. The second-order valence-electron chi connectivity index (χ2n) is 7.20. The Hall–Kier alpha value is -3.33. The van der Waals surface area contributed by atoms with Crippen molar-refractivity contribution in [1.29, 1.82) is 0 Å². The normalized spacial score (nSPS) is 17.2. The summed E-state index contributed by atoms with van der Waals surface area (Å²) in [6.45, 7) is -0.118. The fourth-order valence-electron chi connectivity index (χ4n) is 3.81. The van der Waals surface area contributed by atoms with Gasteiger partial charge in [-0.3, -0.25) is 9.59 Å². The third-order valence-electron chi connectivity index (χ3n) is 5.41. The number of aromatic hydroxyl groups is 1. The van der Waals surface area contributed by atoms with Crippen LogP contribution in [0.2, 0.25) is 0 Å². The van der Waals surface area contributed by atoms with Crippen LogP contribution in [-0.2, 0) is 14.3 Å². The highest BCUT2D eigenvalue weighted by Crippen LogP contribution is 2.49. The fourth-order valence-corrected chi connectivity index (χ4v) is 3.96. The summed E-state index contributed by atoms with van der Waals surface area (Å²) in [6, 6.07) is 7.66. The Balaban J connectivity index is 2.02. The van der Waals surface area contributed by atoms with Gasteiger partial charge in [0.25, 0.3) is 0 Å². The molecule has 0 bridgehead atoms. The Morgan fingerprint density at radius 1 is 1.00 bits per heavy atom. The van der Waals surface area contributed by atoms with E-state index in [9.17, 15) is 14.7 Å². The molecule has 1 amide bonds. The van der Waals surface area contributed by atoms with Gasteiger partial charge in [-0.25, -0.2) is 0 Å². The molecule has 1 aliphatic rings. The van der Waals surface area contributed by atoms with Gasteiger partial charge in [-0.1, -0.05) is 6.07 Å². The van der Waals surface area contributed by atoms with Crippen LogP contribution in [0.25, 0.3) is 0 Å². The minimum absolute atomic E-state index is 0.0487. The molecule has 10 heteroatoms. The molecule has 1 aliphatic heterocycles. The van der Waals surface area contributed by atoms with E-state index in [1.165, 1.54) is 39.4 Å². The molecule has 1 N–H and O–H groups in total. The molecular formula is C23H26ClNO8. The average molecular weight is 480 g/mol. The van der Waals surface area contributed by atoms with Crippen molar-refractivity contribution < 1.29 is 38.4 Å². The van der Waals surface area contributed by atoms with E-state index in [4.69, 9.17) is 35.3 Å². The smallest absolute Gasteiger partial charge is 0.307 e. The highest BCUT2D eigenvalue weighted by atomic mass is 35.5. The van der Waals surface area contributed by atoms with Crippen LogP contribution in [0, 0.1) is 5.92 Å². The van der Waals surface area contributed by atoms with Gasteiger partial charge in [0.1, 0.15) is 6.61 Å². The topological polar surface area (TPSA) is 104 Å². The lowest BCUT2D eigenvalue weighted by Crippen LogP contribution is -2.57. The number of esters is 1. The number of carbonyl (C=O) groups excluding carboxylic acids is 2. The molecule has 3 rings (SSSR count). The number of nitrogens with zero attached hydrogens (tertiary/aromatic N) is 1. The minimum atomic E-state index is -0.656. The summed E-state index contributed by atoms with van der Waals surface area (Å²) in [5.41, 5.74) is 1.14.